The predicted molar refractivity (Wildman–Crippen MR) is 82.6 cm³/mol. The van der Waals surface area contributed by atoms with Gasteiger partial charge in [-0.1, -0.05) is 6.92 Å². The quantitative estimate of drug-likeness (QED) is 0.695. The second-order valence-corrected chi connectivity index (χ2v) is 6.07. The van der Waals surface area contributed by atoms with Gasteiger partial charge in [0.15, 0.2) is 0 Å². The molecule has 1 rings (SSSR count). The molecule has 2 atom stereocenters. The van der Waals surface area contributed by atoms with E-state index >= 15 is 0 Å². The van der Waals surface area contributed by atoms with Crippen molar-refractivity contribution in [3.05, 3.63) is 0 Å². The van der Waals surface area contributed by atoms with Gasteiger partial charge in [-0.25, -0.2) is 0 Å². The summed E-state index contributed by atoms with van der Waals surface area (Å²) in [5.41, 5.74) is -0.337. The molecule has 1 aliphatic carbocycles. The van der Waals surface area contributed by atoms with Crippen molar-refractivity contribution in [2.24, 2.45) is 0 Å². The van der Waals surface area contributed by atoms with Crippen LogP contribution in [0, 0.1) is 11.3 Å². The Morgan fingerprint density at radius 1 is 1.45 bits per heavy atom. The minimum Gasteiger partial charge on any atom is -0.380 e. The first kappa shape index (κ1) is 17.4. The third-order valence-electron chi connectivity index (χ3n) is 4.15. The van der Waals surface area contributed by atoms with Gasteiger partial charge in [-0.2, -0.15) is 5.26 Å². The molecule has 0 radical (unpaired) electrons. The minimum atomic E-state index is -0.337. The van der Waals surface area contributed by atoms with Gasteiger partial charge in [-0.3, -0.25) is 10.2 Å². The van der Waals surface area contributed by atoms with Crippen molar-refractivity contribution in [3.63, 3.8) is 0 Å². The molecule has 1 fully saturated rings. The fourth-order valence-electron chi connectivity index (χ4n) is 3.30. The Hall–Kier alpha value is -0.630. The van der Waals surface area contributed by atoms with Gasteiger partial charge in [0.25, 0.3) is 0 Å². The van der Waals surface area contributed by atoms with E-state index in [2.05, 4.69) is 37.1 Å². The molecule has 20 heavy (non-hydrogen) atoms. The van der Waals surface area contributed by atoms with Gasteiger partial charge in [-0.05, 0) is 53.0 Å². The molecule has 1 N–H and O–H groups in total. The SMILES string of the molecule is CCOCCN(CC)C1CCCC(C#N)(NC(C)C)C1. The van der Waals surface area contributed by atoms with E-state index in [4.69, 9.17) is 4.74 Å². The van der Waals surface area contributed by atoms with Crippen LogP contribution >= 0.6 is 0 Å². The zero-order valence-corrected chi connectivity index (χ0v) is 13.6. The highest BCUT2D eigenvalue weighted by molar-refractivity contribution is 5.11. The molecule has 4 heteroatoms. The largest absolute Gasteiger partial charge is 0.380 e. The summed E-state index contributed by atoms with van der Waals surface area (Å²) in [7, 11) is 0. The first-order valence-electron chi connectivity index (χ1n) is 8.07. The van der Waals surface area contributed by atoms with Gasteiger partial charge in [0.05, 0.1) is 12.7 Å². The number of nitriles is 1. The lowest BCUT2D eigenvalue weighted by molar-refractivity contribution is 0.0715. The van der Waals surface area contributed by atoms with Crippen LogP contribution in [0.2, 0.25) is 0 Å². The number of ether oxygens (including phenoxy) is 1. The summed E-state index contributed by atoms with van der Waals surface area (Å²) in [5, 5.41) is 13.1. The summed E-state index contributed by atoms with van der Waals surface area (Å²) in [6.45, 7) is 12.0. The maximum absolute atomic E-state index is 9.62. The smallest absolute Gasteiger partial charge is 0.108 e. The molecule has 2 unspecified atom stereocenters. The lowest BCUT2D eigenvalue weighted by atomic mass is 9.79. The topological polar surface area (TPSA) is 48.3 Å². The van der Waals surface area contributed by atoms with Crippen molar-refractivity contribution in [1.29, 1.82) is 5.26 Å². The van der Waals surface area contributed by atoms with E-state index in [9.17, 15) is 5.26 Å². The van der Waals surface area contributed by atoms with Crippen molar-refractivity contribution < 1.29 is 4.74 Å². The molecule has 116 valence electrons. The van der Waals surface area contributed by atoms with Crippen molar-refractivity contribution in [2.45, 2.75) is 71.0 Å². The second kappa shape index (κ2) is 8.61. The molecule has 0 spiro atoms. The van der Waals surface area contributed by atoms with Gasteiger partial charge in [-0.15, -0.1) is 0 Å². The minimum absolute atomic E-state index is 0.337. The average molecular weight is 281 g/mol. The van der Waals surface area contributed by atoms with Crippen molar-refractivity contribution >= 4 is 0 Å². The Balaban J connectivity index is 2.63. The monoisotopic (exact) mass is 281 g/mol. The second-order valence-electron chi connectivity index (χ2n) is 6.07. The summed E-state index contributed by atoms with van der Waals surface area (Å²) in [4.78, 5) is 2.48. The molecule has 0 saturated heterocycles. The van der Waals surface area contributed by atoms with Crippen molar-refractivity contribution in [3.8, 4) is 6.07 Å². The summed E-state index contributed by atoms with van der Waals surface area (Å²) >= 11 is 0. The molecule has 0 heterocycles. The maximum Gasteiger partial charge on any atom is 0.108 e. The molecule has 1 saturated carbocycles. The van der Waals surface area contributed by atoms with Crippen LogP contribution in [0.1, 0.15) is 53.4 Å². The molecule has 0 amide bonds. The molecule has 0 aliphatic heterocycles. The van der Waals surface area contributed by atoms with Crippen molar-refractivity contribution in [1.82, 2.24) is 10.2 Å². The number of hydrogen-bond donors (Lipinski definition) is 1. The number of hydrogen-bond acceptors (Lipinski definition) is 4. The molecule has 0 aromatic carbocycles. The molecule has 0 aromatic heterocycles. The highest BCUT2D eigenvalue weighted by atomic mass is 16.5. The van der Waals surface area contributed by atoms with Crippen LogP contribution in [0.5, 0.6) is 0 Å². The van der Waals surface area contributed by atoms with E-state index in [1.807, 2.05) is 6.92 Å². The van der Waals surface area contributed by atoms with E-state index in [0.29, 0.717) is 12.1 Å². The van der Waals surface area contributed by atoms with Gasteiger partial charge < -0.3 is 4.74 Å². The van der Waals surface area contributed by atoms with E-state index < -0.39 is 0 Å². The first-order valence-corrected chi connectivity index (χ1v) is 8.07. The zero-order chi connectivity index (χ0) is 15.0. The fourth-order valence-corrected chi connectivity index (χ4v) is 3.30. The Labute approximate surface area is 124 Å². The normalized spacial score (nSPS) is 26.9. The van der Waals surface area contributed by atoms with Crippen molar-refractivity contribution in [2.75, 3.05) is 26.3 Å². The summed E-state index contributed by atoms with van der Waals surface area (Å²) < 4.78 is 5.48. The Bertz CT molecular complexity index is 313. The van der Waals surface area contributed by atoms with Gasteiger partial charge in [0.2, 0.25) is 0 Å². The molecule has 0 bridgehead atoms. The van der Waals surface area contributed by atoms with Crippen LogP contribution in [0.3, 0.4) is 0 Å². The third-order valence-corrected chi connectivity index (χ3v) is 4.15. The van der Waals surface area contributed by atoms with Gasteiger partial charge >= 0.3 is 0 Å². The lowest BCUT2D eigenvalue weighted by Crippen LogP contribution is -2.55. The van der Waals surface area contributed by atoms with Crippen LogP contribution in [-0.2, 0) is 4.74 Å². The molecule has 0 aromatic rings. The highest BCUT2D eigenvalue weighted by Gasteiger charge is 2.38. The Kier molecular flexibility index (Phi) is 7.50. The number of rotatable bonds is 8. The van der Waals surface area contributed by atoms with Crippen LogP contribution in [-0.4, -0.2) is 48.8 Å². The number of nitrogens with one attached hydrogen (secondary N) is 1. The lowest BCUT2D eigenvalue weighted by Gasteiger charge is -2.42. The first-order chi connectivity index (χ1) is 9.56. The number of nitrogens with zero attached hydrogens (tertiary/aromatic N) is 2. The molecule has 4 nitrogen and oxygen atoms in total. The standard InChI is InChI=1S/C16H31N3O/c1-5-19(10-11-20-6-2)15-8-7-9-16(12-15,13-17)18-14(3)4/h14-15,18H,5-12H2,1-4H3. The molecule has 1 aliphatic rings. The van der Waals surface area contributed by atoms with Crippen LogP contribution in [0.25, 0.3) is 0 Å². The van der Waals surface area contributed by atoms with E-state index in [1.165, 1.54) is 6.42 Å². The van der Waals surface area contributed by atoms with Gasteiger partial charge in [0.1, 0.15) is 5.54 Å². The van der Waals surface area contributed by atoms with E-state index in [0.717, 1.165) is 45.6 Å². The Morgan fingerprint density at radius 2 is 2.20 bits per heavy atom. The fraction of sp³-hybridized carbons (Fsp3) is 0.938. The number of likely N-dealkylation sites (N-methyl/N-ethyl adjacent to an activating group) is 1. The molecular formula is C16H31N3O. The van der Waals surface area contributed by atoms with E-state index in [1.54, 1.807) is 0 Å². The zero-order valence-electron chi connectivity index (χ0n) is 13.6. The predicted octanol–water partition coefficient (Wildman–Crippen LogP) is 2.55. The highest BCUT2D eigenvalue weighted by Crippen LogP contribution is 2.31. The van der Waals surface area contributed by atoms with E-state index in [-0.39, 0.29) is 5.54 Å². The van der Waals surface area contributed by atoms with Crippen LogP contribution in [0.15, 0.2) is 0 Å². The summed E-state index contributed by atoms with van der Waals surface area (Å²) in [5.74, 6) is 0. The summed E-state index contributed by atoms with van der Waals surface area (Å²) in [6.07, 6.45) is 4.23. The third kappa shape index (κ3) is 5.05. The van der Waals surface area contributed by atoms with Crippen LogP contribution < -0.4 is 5.32 Å². The maximum atomic E-state index is 9.62. The van der Waals surface area contributed by atoms with Gasteiger partial charge in [0, 0.05) is 25.2 Å². The van der Waals surface area contributed by atoms with Crippen LogP contribution in [0.4, 0.5) is 0 Å². The molecular weight excluding hydrogens is 250 g/mol. The summed E-state index contributed by atoms with van der Waals surface area (Å²) in [6, 6.07) is 3.41. The average Bonchev–Trinajstić information content (AvgIpc) is 2.43. The Morgan fingerprint density at radius 3 is 2.75 bits per heavy atom.